The maximum Gasteiger partial charge on any atom is 0.407 e. The minimum Gasteiger partial charge on any atom is -0.444 e. The lowest BCUT2D eigenvalue weighted by atomic mass is 10.1. The quantitative estimate of drug-likeness (QED) is 0.694. The molecule has 10 heteroatoms. The van der Waals surface area contributed by atoms with E-state index in [1.54, 1.807) is 6.33 Å². The summed E-state index contributed by atoms with van der Waals surface area (Å²) in [7, 11) is 0. The van der Waals surface area contributed by atoms with Crippen molar-refractivity contribution in [3.63, 3.8) is 0 Å². The number of fused-ring (bicyclic) bond motifs is 1. The third-order valence-electron chi connectivity index (χ3n) is 4.77. The summed E-state index contributed by atoms with van der Waals surface area (Å²) in [6.07, 6.45) is 6.94. The van der Waals surface area contributed by atoms with E-state index < -0.39 is 11.7 Å². The molecule has 4 heterocycles. The predicted molar refractivity (Wildman–Crippen MR) is 107 cm³/mol. The van der Waals surface area contributed by atoms with Gasteiger partial charge in [-0.15, -0.1) is 5.10 Å². The van der Waals surface area contributed by atoms with Crippen molar-refractivity contribution in [3.05, 3.63) is 30.5 Å². The van der Waals surface area contributed by atoms with Gasteiger partial charge in [0.05, 0.1) is 24.2 Å². The number of hydrogen-bond acceptors (Lipinski definition) is 7. The average molecular weight is 398 g/mol. The van der Waals surface area contributed by atoms with Crippen LogP contribution in [0.3, 0.4) is 0 Å². The number of H-pyrrole nitrogens is 1. The lowest BCUT2D eigenvalue weighted by molar-refractivity contribution is 0.0523. The smallest absolute Gasteiger partial charge is 0.407 e. The molecule has 2 N–H and O–H groups in total. The van der Waals surface area contributed by atoms with Crippen LogP contribution in [0.1, 0.15) is 45.3 Å². The molecule has 29 heavy (non-hydrogen) atoms. The number of hydrogen-bond donors (Lipinski definition) is 2. The molecular formula is C19H26N8O2. The van der Waals surface area contributed by atoms with Crippen LogP contribution in [0.5, 0.6) is 0 Å². The van der Waals surface area contributed by atoms with Gasteiger partial charge in [-0.1, -0.05) is 5.21 Å². The number of amides is 1. The maximum absolute atomic E-state index is 11.8. The van der Waals surface area contributed by atoms with Gasteiger partial charge in [-0.05, 0) is 39.7 Å². The van der Waals surface area contributed by atoms with Crippen molar-refractivity contribution in [3.8, 4) is 0 Å². The number of rotatable bonds is 4. The summed E-state index contributed by atoms with van der Waals surface area (Å²) < 4.78 is 7.13. The summed E-state index contributed by atoms with van der Waals surface area (Å²) in [4.78, 5) is 26.0. The molecule has 4 rings (SSSR count). The number of ether oxygens (including phenoxy) is 1. The summed E-state index contributed by atoms with van der Waals surface area (Å²) in [6, 6.07) is 2.19. The van der Waals surface area contributed by atoms with Crippen LogP contribution in [0.25, 0.3) is 11.0 Å². The van der Waals surface area contributed by atoms with Crippen LogP contribution in [0, 0.1) is 0 Å². The number of carbonyl (C=O) groups is 1. The van der Waals surface area contributed by atoms with Gasteiger partial charge in [-0.3, -0.25) is 0 Å². The number of carbonyl (C=O) groups excluding carboxylic acids is 1. The van der Waals surface area contributed by atoms with E-state index in [9.17, 15) is 4.79 Å². The van der Waals surface area contributed by atoms with Gasteiger partial charge >= 0.3 is 6.09 Å². The van der Waals surface area contributed by atoms with Crippen molar-refractivity contribution >= 4 is 22.9 Å². The van der Waals surface area contributed by atoms with Crippen LogP contribution in [-0.4, -0.2) is 54.7 Å². The molecule has 0 aliphatic carbocycles. The third kappa shape index (κ3) is 4.47. The second-order valence-corrected chi connectivity index (χ2v) is 8.22. The minimum atomic E-state index is -0.529. The highest BCUT2D eigenvalue weighted by molar-refractivity contribution is 5.87. The Morgan fingerprint density at radius 2 is 2.24 bits per heavy atom. The second-order valence-electron chi connectivity index (χ2n) is 8.22. The van der Waals surface area contributed by atoms with Crippen molar-refractivity contribution < 1.29 is 9.53 Å². The van der Waals surface area contributed by atoms with Gasteiger partial charge < -0.3 is 19.9 Å². The van der Waals surface area contributed by atoms with E-state index in [4.69, 9.17) is 4.74 Å². The first-order valence-electron chi connectivity index (χ1n) is 9.80. The summed E-state index contributed by atoms with van der Waals surface area (Å²) >= 11 is 0. The van der Waals surface area contributed by atoms with Gasteiger partial charge in [-0.2, -0.15) is 0 Å². The fourth-order valence-electron chi connectivity index (χ4n) is 3.52. The van der Waals surface area contributed by atoms with Gasteiger partial charge in [0.15, 0.2) is 0 Å². The SMILES string of the molecule is CC(C)(C)OC(=O)NCc1cn(C2CCCN(c3ncnc4[nH]ccc34)C2)nn1. The van der Waals surface area contributed by atoms with Crippen molar-refractivity contribution in [2.24, 2.45) is 0 Å². The Morgan fingerprint density at radius 1 is 1.38 bits per heavy atom. The molecule has 1 amide bonds. The van der Waals surface area contributed by atoms with E-state index in [2.05, 4.69) is 35.5 Å². The Hall–Kier alpha value is -3.17. The van der Waals surface area contributed by atoms with E-state index >= 15 is 0 Å². The van der Waals surface area contributed by atoms with Gasteiger partial charge in [0.2, 0.25) is 0 Å². The number of nitrogens with zero attached hydrogens (tertiary/aromatic N) is 6. The van der Waals surface area contributed by atoms with E-state index in [0.29, 0.717) is 5.69 Å². The van der Waals surface area contributed by atoms with Gasteiger partial charge in [-0.25, -0.2) is 19.4 Å². The van der Waals surface area contributed by atoms with Crippen molar-refractivity contribution in [2.75, 3.05) is 18.0 Å². The number of piperidine rings is 1. The summed E-state index contributed by atoms with van der Waals surface area (Å²) in [5.41, 5.74) is 1.01. The molecule has 0 radical (unpaired) electrons. The molecule has 1 fully saturated rings. The number of anilines is 1. The lowest BCUT2D eigenvalue weighted by Gasteiger charge is -2.33. The van der Waals surface area contributed by atoms with E-state index in [1.165, 1.54) is 0 Å². The standard InChI is InChI=1S/C19H26N8O2/c1-19(2,3)29-18(28)21-9-13-10-27(25-24-13)14-5-4-8-26(11-14)17-15-6-7-20-16(15)22-12-23-17/h6-7,10,12,14H,4-5,8-9,11H2,1-3H3,(H,21,28)(H,20,22,23). The van der Waals surface area contributed by atoms with Gasteiger partial charge in [0, 0.05) is 19.3 Å². The monoisotopic (exact) mass is 398 g/mol. The maximum atomic E-state index is 11.8. The normalized spacial score (nSPS) is 17.5. The van der Waals surface area contributed by atoms with Crippen molar-refractivity contribution in [1.29, 1.82) is 0 Å². The zero-order valence-electron chi connectivity index (χ0n) is 16.9. The number of nitrogens with one attached hydrogen (secondary N) is 2. The summed E-state index contributed by atoms with van der Waals surface area (Å²) in [6.45, 7) is 7.50. The average Bonchev–Trinajstić information content (AvgIpc) is 3.34. The Morgan fingerprint density at radius 3 is 3.07 bits per heavy atom. The fraction of sp³-hybridized carbons (Fsp3) is 0.526. The molecule has 0 saturated carbocycles. The Labute approximate surface area is 168 Å². The molecule has 10 nitrogen and oxygen atoms in total. The van der Waals surface area contributed by atoms with Crippen LogP contribution in [-0.2, 0) is 11.3 Å². The topological polar surface area (TPSA) is 114 Å². The molecule has 3 aromatic rings. The summed E-state index contributed by atoms with van der Waals surface area (Å²) in [5, 5.41) is 12.2. The number of aromatic amines is 1. The van der Waals surface area contributed by atoms with Crippen molar-refractivity contribution in [1.82, 2.24) is 35.3 Å². The Balaban J connectivity index is 1.40. The second kappa shape index (κ2) is 7.69. The van der Waals surface area contributed by atoms with Gasteiger partial charge in [0.1, 0.15) is 29.1 Å². The Bertz CT molecular complexity index is 989. The molecule has 1 unspecified atom stereocenters. The fourth-order valence-corrected chi connectivity index (χ4v) is 3.52. The molecule has 1 atom stereocenters. The molecular weight excluding hydrogens is 372 g/mol. The van der Waals surface area contributed by atoms with Crippen LogP contribution in [0.4, 0.5) is 10.6 Å². The minimum absolute atomic E-state index is 0.190. The lowest BCUT2D eigenvalue weighted by Crippen LogP contribution is -2.37. The molecule has 1 aliphatic heterocycles. The highest BCUT2D eigenvalue weighted by atomic mass is 16.6. The van der Waals surface area contributed by atoms with Crippen LogP contribution < -0.4 is 10.2 Å². The number of aromatic nitrogens is 6. The Kier molecular flexibility index (Phi) is 5.08. The van der Waals surface area contributed by atoms with E-state index in [1.807, 2.05) is 43.9 Å². The highest BCUT2D eigenvalue weighted by Gasteiger charge is 2.25. The summed E-state index contributed by atoms with van der Waals surface area (Å²) in [5.74, 6) is 0.938. The largest absolute Gasteiger partial charge is 0.444 e. The first kappa shape index (κ1) is 19.2. The first-order valence-corrected chi connectivity index (χ1v) is 9.80. The number of alkyl carbamates (subject to hydrolysis) is 1. The van der Waals surface area contributed by atoms with Crippen LogP contribution in [0.15, 0.2) is 24.8 Å². The molecule has 154 valence electrons. The molecule has 0 aromatic carbocycles. The van der Waals surface area contributed by atoms with Gasteiger partial charge in [0.25, 0.3) is 0 Å². The molecule has 3 aromatic heterocycles. The molecule has 0 bridgehead atoms. The molecule has 1 aliphatic rings. The van der Waals surface area contributed by atoms with Crippen LogP contribution >= 0.6 is 0 Å². The molecule has 0 spiro atoms. The van der Waals surface area contributed by atoms with E-state index in [0.717, 1.165) is 42.8 Å². The van der Waals surface area contributed by atoms with E-state index in [-0.39, 0.29) is 12.6 Å². The first-order chi connectivity index (χ1) is 13.9. The van der Waals surface area contributed by atoms with Crippen molar-refractivity contribution in [2.45, 2.75) is 51.8 Å². The highest BCUT2D eigenvalue weighted by Crippen LogP contribution is 2.28. The molecule has 1 saturated heterocycles. The predicted octanol–water partition coefficient (Wildman–Crippen LogP) is 2.42. The third-order valence-corrected chi connectivity index (χ3v) is 4.77. The van der Waals surface area contributed by atoms with Crippen LogP contribution in [0.2, 0.25) is 0 Å². The zero-order chi connectivity index (χ0) is 20.4. The zero-order valence-corrected chi connectivity index (χ0v) is 16.9.